The van der Waals surface area contributed by atoms with Gasteiger partial charge in [0, 0.05) is 46.6 Å². The molecule has 3 aromatic heterocycles. The maximum atomic E-state index is 14.1. The first-order chi connectivity index (χ1) is 15.9. The Morgan fingerprint density at radius 2 is 1.97 bits per heavy atom. The van der Waals surface area contributed by atoms with Gasteiger partial charge in [-0.05, 0) is 69.5 Å². The topological polar surface area (TPSA) is 65.6 Å². The van der Waals surface area contributed by atoms with Crippen LogP contribution in [-0.4, -0.2) is 35.9 Å². The largest absolute Gasteiger partial charge is 0.318 e. The minimum atomic E-state index is -0.257. The number of thioether (sulfide) groups is 1. The molecule has 4 aromatic rings. The molecule has 0 amide bonds. The number of carbonyl (C=O) groups excluding carboxylic acids is 1. The van der Waals surface area contributed by atoms with E-state index in [4.69, 9.17) is 0 Å². The molecule has 6 nitrogen and oxygen atoms in total. The highest BCUT2D eigenvalue weighted by molar-refractivity contribution is 7.99. The van der Waals surface area contributed by atoms with Crippen molar-refractivity contribution < 1.29 is 9.18 Å². The van der Waals surface area contributed by atoms with E-state index >= 15 is 0 Å². The highest BCUT2D eigenvalue weighted by Gasteiger charge is 2.30. The number of halogens is 1. The first-order valence-corrected chi connectivity index (χ1v) is 11.9. The monoisotopic (exact) mass is 461 g/mol. The summed E-state index contributed by atoms with van der Waals surface area (Å²) in [5.41, 5.74) is 4.58. The standard InChI is InChI=1S/C25H24FN5OS/c1-15-6-7-20(12-22(15)26)30-16(2)11-21(17(30)3)23(32)14-33-25-29-28-24(31(25)19-8-9-19)18-5-4-10-27-13-18/h4-7,10-13,19H,8-9,14H2,1-3H3. The minimum absolute atomic E-state index is 0.0141. The third kappa shape index (κ3) is 4.11. The molecule has 168 valence electrons. The summed E-state index contributed by atoms with van der Waals surface area (Å²) in [6.07, 6.45) is 5.69. The predicted molar refractivity (Wildman–Crippen MR) is 127 cm³/mol. The van der Waals surface area contributed by atoms with Crippen LogP contribution in [-0.2, 0) is 0 Å². The van der Waals surface area contributed by atoms with E-state index in [-0.39, 0.29) is 17.4 Å². The van der Waals surface area contributed by atoms with E-state index < -0.39 is 0 Å². The second kappa shape index (κ2) is 8.59. The molecule has 5 rings (SSSR count). The molecule has 0 unspecified atom stereocenters. The van der Waals surface area contributed by atoms with Crippen LogP contribution in [0.5, 0.6) is 0 Å². The lowest BCUT2D eigenvalue weighted by molar-refractivity contribution is 0.102. The summed E-state index contributed by atoms with van der Waals surface area (Å²) in [7, 11) is 0. The van der Waals surface area contributed by atoms with Gasteiger partial charge in [-0.25, -0.2) is 4.39 Å². The molecule has 0 bridgehead atoms. The Hall–Kier alpha value is -3.26. The molecule has 1 saturated carbocycles. The van der Waals surface area contributed by atoms with Gasteiger partial charge < -0.3 is 4.57 Å². The molecule has 0 radical (unpaired) electrons. The fourth-order valence-corrected chi connectivity index (χ4v) is 4.99. The Bertz CT molecular complexity index is 1340. The highest BCUT2D eigenvalue weighted by Crippen LogP contribution is 2.41. The van der Waals surface area contributed by atoms with Crippen LogP contribution < -0.4 is 0 Å². The van der Waals surface area contributed by atoms with E-state index in [9.17, 15) is 9.18 Å². The summed E-state index contributed by atoms with van der Waals surface area (Å²) in [6, 6.07) is 11.2. The molecule has 0 spiro atoms. The van der Waals surface area contributed by atoms with Crippen LogP contribution in [0.25, 0.3) is 17.1 Å². The quantitative estimate of drug-likeness (QED) is 0.268. The molecule has 0 aliphatic heterocycles. The number of aromatic nitrogens is 5. The van der Waals surface area contributed by atoms with Gasteiger partial charge in [0.2, 0.25) is 0 Å². The second-order valence-electron chi connectivity index (χ2n) is 8.41. The van der Waals surface area contributed by atoms with Gasteiger partial charge >= 0.3 is 0 Å². The molecule has 1 aromatic carbocycles. The molecule has 0 saturated heterocycles. The molecule has 33 heavy (non-hydrogen) atoms. The molecule has 8 heteroatoms. The third-order valence-electron chi connectivity index (χ3n) is 5.97. The Balaban J connectivity index is 1.38. The Morgan fingerprint density at radius 1 is 1.15 bits per heavy atom. The minimum Gasteiger partial charge on any atom is -0.318 e. The second-order valence-corrected chi connectivity index (χ2v) is 9.36. The number of carbonyl (C=O) groups is 1. The maximum Gasteiger partial charge on any atom is 0.192 e. The number of hydrogen-bond donors (Lipinski definition) is 0. The van der Waals surface area contributed by atoms with E-state index in [0.29, 0.717) is 17.2 Å². The van der Waals surface area contributed by atoms with Gasteiger partial charge in [0.15, 0.2) is 16.8 Å². The van der Waals surface area contributed by atoms with Crippen LogP contribution in [0.3, 0.4) is 0 Å². The number of ketones is 1. The average Bonchev–Trinajstić information content (AvgIpc) is 3.49. The summed E-state index contributed by atoms with van der Waals surface area (Å²) in [4.78, 5) is 17.3. The summed E-state index contributed by atoms with van der Waals surface area (Å²) in [6.45, 7) is 5.56. The molecule has 1 fully saturated rings. The first-order valence-electron chi connectivity index (χ1n) is 10.9. The Morgan fingerprint density at radius 3 is 2.67 bits per heavy atom. The number of rotatable bonds is 7. The number of pyridine rings is 1. The van der Waals surface area contributed by atoms with Crippen molar-refractivity contribution in [2.45, 2.75) is 44.8 Å². The zero-order valence-electron chi connectivity index (χ0n) is 18.7. The first kappa shape index (κ1) is 21.6. The zero-order chi connectivity index (χ0) is 23.1. The average molecular weight is 462 g/mol. The number of benzene rings is 1. The van der Waals surface area contributed by atoms with Gasteiger partial charge in [-0.2, -0.15) is 0 Å². The van der Waals surface area contributed by atoms with Crippen molar-refractivity contribution in [3.05, 3.63) is 77.1 Å². The summed E-state index contributed by atoms with van der Waals surface area (Å²) in [5.74, 6) is 0.803. The van der Waals surface area contributed by atoms with E-state index in [0.717, 1.165) is 46.5 Å². The number of nitrogens with zero attached hydrogens (tertiary/aromatic N) is 5. The molecular formula is C25H24FN5OS. The fourth-order valence-electron chi connectivity index (χ4n) is 4.10. The molecule has 1 aliphatic carbocycles. The van der Waals surface area contributed by atoms with Crippen LogP contribution in [0.4, 0.5) is 4.39 Å². The maximum absolute atomic E-state index is 14.1. The molecule has 0 N–H and O–H groups in total. The SMILES string of the molecule is Cc1ccc(-n2c(C)cc(C(=O)CSc3nnc(-c4cccnc4)n3C3CC3)c2C)cc1F. The van der Waals surface area contributed by atoms with Crippen molar-refractivity contribution >= 4 is 17.5 Å². The lowest BCUT2D eigenvalue weighted by Crippen LogP contribution is -2.07. The van der Waals surface area contributed by atoms with Crippen molar-refractivity contribution in [2.75, 3.05) is 5.75 Å². The van der Waals surface area contributed by atoms with Crippen molar-refractivity contribution in [3.63, 3.8) is 0 Å². The van der Waals surface area contributed by atoms with Crippen LogP contribution in [0.15, 0.2) is 53.9 Å². The summed E-state index contributed by atoms with van der Waals surface area (Å²) < 4.78 is 18.2. The predicted octanol–water partition coefficient (Wildman–Crippen LogP) is 5.51. The van der Waals surface area contributed by atoms with Gasteiger partial charge in [-0.15, -0.1) is 10.2 Å². The van der Waals surface area contributed by atoms with Gasteiger partial charge in [0.1, 0.15) is 5.82 Å². The Kier molecular flexibility index (Phi) is 5.62. The lowest BCUT2D eigenvalue weighted by Gasteiger charge is -2.11. The molecule has 3 heterocycles. The third-order valence-corrected chi connectivity index (χ3v) is 6.92. The van der Waals surface area contributed by atoms with Crippen molar-refractivity contribution in [1.82, 2.24) is 24.3 Å². The smallest absolute Gasteiger partial charge is 0.192 e. The molecule has 1 aliphatic rings. The van der Waals surface area contributed by atoms with Crippen molar-refractivity contribution in [1.29, 1.82) is 0 Å². The van der Waals surface area contributed by atoms with Crippen LogP contribution in [0.1, 0.15) is 46.2 Å². The molecular weight excluding hydrogens is 437 g/mol. The van der Waals surface area contributed by atoms with E-state index in [2.05, 4.69) is 19.7 Å². The van der Waals surface area contributed by atoms with Crippen LogP contribution >= 0.6 is 11.8 Å². The lowest BCUT2D eigenvalue weighted by atomic mass is 10.2. The van der Waals surface area contributed by atoms with Gasteiger partial charge in [-0.3, -0.25) is 14.3 Å². The Labute approximate surface area is 195 Å². The fraction of sp³-hybridized carbons (Fsp3) is 0.280. The number of aryl methyl sites for hydroxylation is 2. The summed E-state index contributed by atoms with van der Waals surface area (Å²) >= 11 is 1.41. The zero-order valence-corrected chi connectivity index (χ0v) is 19.6. The van der Waals surface area contributed by atoms with E-state index in [1.807, 2.05) is 42.7 Å². The van der Waals surface area contributed by atoms with Crippen LogP contribution in [0.2, 0.25) is 0 Å². The van der Waals surface area contributed by atoms with Crippen molar-refractivity contribution in [2.24, 2.45) is 0 Å². The number of hydrogen-bond acceptors (Lipinski definition) is 5. The normalized spacial score (nSPS) is 13.5. The number of Topliss-reactive ketones (excluding diaryl/α,β-unsaturated/α-hetero) is 1. The van der Waals surface area contributed by atoms with Gasteiger partial charge in [0.05, 0.1) is 5.75 Å². The molecule has 0 atom stereocenters. The van der Waals surface area contributed by atoms with E-state index in [1.165, 1.54) is 17.8 Å². The van der Waals surface area contributed by atoms with E-state index in [1.54, 1.807) is 25.4 Å². The van der Waals surface area contributed by atoms with Gasteiger partial charge in [-0.1, -0.05) is 17.8 Å². The van der Waals surface area contributed by atoms with Crippen LogP contribution in [0, 0.1) is 26.6 Å². The van der Waals surface area contributed by atoms with Gasteiger partial charge in [0.25, 0.3) is 0 Å². The van der Waals surface area contributed by atoms with Crippen molar-refractivity contribution in [3.8, 4) is 17.1 Å². The summed E-state index contributed by atoms with van der Waals surface area (Å²) in [5, 5.41) is 9.52. The highest BCUT2D eigenvalue weighted by atomic mass is 32.2.